The highest BCUT2D eigenvalue weighted by Crippen LogP contribution is 2.40. The second kappa shape index (κ2) is 6.04. The lowest BCUT2D eigenvalue weighted by Gasteiger charge is -2.20. The molecule has 0 radical (unpaired) electrons. The predicted molar refractivity (Wildman–Crippen MR) is 88.9 cm³/mol. The van der Waals surface area contributed by atoms with Gasteiger partial charge in [0.05, 0.1) is 10.6 Å². The van der Waals surface area contributed by atoms with Crippen LogP contribution in [0.2, 0.25) is 0 Å². The number of amides is 1. The van der Waals surface area contributed by atoms with E-state index >= 15 is 0 Å². The van der Waals surface area contributed by atoms with Gasteiger partial charge in [-0.25, -0.2) is 14.3 Å². The molecule has 0 aliphatic heterocycles. The van der Waals surface area contributed by atoms with Crippen molar-refractivity contribution in [3.8, 4) is 10.6 Å². The van der Waals surface area contributed by atoms with Gasteiger partial charge in [-0.1, -0.05) is 0 Å². The zero-order valence-electron chi connectivity index (χ0n) is 13.6. The zero-order valence-corrected chi connectivity index (χ0v) is 14.4. The molecule has 0 spiro atoms. The van der Waals surface area contributed by atoms with Crippen LogP contribution >= 0.6 is 11.5 Å². The quantitative estimate of drug-likeness (QED) is 0.753. The van der Waals surface area contributed by atoms with Crippen LogP contribution in [-0.2, 0) is 0 Å². The summed E-state index contributed by atoms with van der Waals surface area (Å²) < 4.78 is 45.1. The molecule has 0 aromatic carbocycles. The fraction of sp³-hybridized carbons (Fsp3) is 0.375. The molecule has 6 nitrogen and oxygen atoms in total. The predicted octanol–water partition coefficient (Wildman–Crippen LogP) is 3.23. The number of carbonyl (C=O) groups is 1. The molecule has 26 heavy (non-hydrogen) atoms. The molecule has 1 fully saturated rings. The molecule has 10 heteroatoms. The molecule has 3 aromatic heterocycles. The van der Waals surface area contributed by atoms with Gasteiger partial charge in [0.2, 0.25) is 0 Å². The summed E-state index contributed by atoms with van der Waals surface area (Å²) in [6, 6.07) is 1.75. The fourth-order valence-electron chi connectivity index (χ4n) is 2.86. The average molecular weight is 381 g/mol. The van der Waals surface area contributed by atoms with Gasteiger partial charge in [0.1, 0.15) is 12.4 Å². The Morgan fingerprint density at radius 2 is 2.19 bits per heavy atom. The maximum Gasteiger partial charge on any atom is 0.408 e. The van der Waals surface area contributed by atoms with Gasteiger partial charge in [-0.05, 0) is 49.3 Å². The molecule has 1 amide bonds. The Hall–Kier alpha value is -2.49. The van der Waals surface area contributed by atoms with Gasteiger partial charge >= 0.3 is 6.18 Å². The van der Waals surface area contributed by atoms with E-state index in [0.29, 0.717) is 18.5 Å². The molecule has 1 saturated carbocycles. The molecule has 1 aliphatic rings. The van der Waals surface area contributed by atoms with Crippen LogP contribution in [0.25, 0.3) is 16.2 Å². The lowest BCUT2D eigenvalue weighted by Crippen LogP contribution is -2.47. The summed E-state index contributed by atoms with van der Waals surface area (Å²) in [7, 11) is 0. The number of halogens is 3. The van der Waals surface area contributed by atoms with E-state index < -0.39 is 24.0 Å². The summed E-state index contributed by atoms with van der Waals surface area (Å²) in [5, 5.41) is 2.10. The Kier molecular flexibility index (Phi) is 3.94. The van der Waals surface area contributed by atoms with Gasteiger partial charge < -0.3 is 5.32 Å². The summed E-state index contributed by atoms with van der Waals surface area (Å²) in [5.74, 6) is -1.43. The van der Waals surface area contributed by atoms with Crippen LogP contribution in [-0.4, -0.2) is 36.9 Å². The van der Waals surface area contributed by atoms with Crippen molar-refractivity contribution in [1.29, 1.82) is 0 Å². The minimum Gasteiger partial charge on any atom is -0.339 e. The van der Waals surface area contributed by atoms with Gasteiger partial charge in [0.25, 0.3) is 5.91 Å². The molecule has 0 saturated heterocycles. The Balaban J connectivity index is 1.71. The van der Waals surface area contributed by atoms with Crippen LogP contribution in [0.4, 0.5) is 13.2 Å². The minimum atomic E-state index is -4.48. The lowest BCUT2D eigenvalue weighted by molar-refractivity contribution is -0.158. The largest absolute Gasteiger partial charge is 0.408 e. The van der Waals surface area contributed by atoms with Crippen molar-refractivity contribution in [2.24, 2.45) is 5.92 Å². The Morgan fingerprint density at radius 1 is 1.42 bits per heavy atom. The highest BCUT2D eigenvalue weighted by Gasteiger charge is 2.50. The maximum absolute atomic E-state index is 13.2. The van der Waals surface area contributed by atoms with Crippen molar-refractivity contribution >= 4 is 23.1 Å². The minimum absolute atomic E-state index is 0.116. The molecule has 1 aliphatic carbocycles. The number of imidazole rings is 1. The van der Waals surface area contributed by atoms with Crippen LogP contribution in [0.3, 0.4) is 0 Å². The molecule has 1 N–H and O–H groups in total. The molecule has 0 unspecified atom stereocenters. The van der Waals surface area contributed by atoms with Crippen molar-refractivity contribution in [2.45, 2.75) is 32.0 Å². The van der Waals surface area contributed by atoms with Crippen LogP contribution in [0.5, 0.6) is 0 Å². The zero-order chi connectivity index (χ0) is 18.5. The first-order valence-corrected chi connectivity index (χ1v) is 8.75. The Bertz CT molecular complexity index is 962. The highest BCUT2D eigenvalue weighted by atomic mass is 32.1. The standard InChI is InChI=1S/C16H14F3N5OS/c1-8-6-10(11-4-5-21-26-11)22-14-12(20-7-24(8)14)15(25)23-13(9-2-3-9)16(17,18)19/h4-7,9,13H,2-3H2,1H3,(H,23,25)/t13-/m0/s1. The fourth-order valence-corrected chi connectivity index (χ4v) is 3.42. The maximum atomic E-state index is 13.2. The molecule has 136 valence electrons. The highest BCUT2D eigenvalue weighted by molar-refractivity contribution is 7.09. The number of hydrogen-bond donors (Lipinski definition) is 1. The topological polar surface area (TPSA) is 72.2 Å². The van der Waals surface area contributed by atoms with Crippen LogP contribution in [0.1, 0.15) is 29.0 Å². The summed E-state index contributed by atoms with van der Waals surface area (Å²) in [5.41, 5.74) is 1.47. The third-order valence-corrected chi connectivity index (χ3v) is 5.10. The van der Waals surface area contributed by atoms with Crippen molar-refractivity contribution in [1.82, 2.24) is 24.1 Å². The van der Waals surface area contributed by atoms with Gasteiger partial charge in [-0.3, -0.25) is 9.20 Å². The van der Waals surface area contributed by atoms with Crippen molar-refractivity contribution in [3.63, 3.8) is 0 Å². The summed E-state index contributed by atoms with van der Waals surface area (Å²) in [6.45, 7) is 1.81. The number of aryl methyl sites for hydroxylation is 1. The Labute approximate surface area is 150 Å². The number of fused-ring (bicyclic) bond motifs is 1. The van der Waals surface area contributed by atoms with Gasteiger partial charge in [-0.2, -0.15) is 13.2 Å². The van der Waals surface area contributed by atoms with E-state index in [1.807, 2.05) is 13.0 Å². The number of carbonyl (C=O) groups excluding carboxylic acids is 1. The van der Waals surface area contributed by atoms with Gasteiger partial charge in [-0.15, -0.1) is 0 Å². The van der Waals surface area contributed by atoms with E-state index in [4.69, 9.17) is 0 Å². The normalized spacial score (nSPS) is 16.0. The number of rotatable bonds is 4. The summed E-state index contributed by atoms with van der Waals surface area (Å²) in [6.07, 6.45) is -0.538. The van der Waals surface area contributed by atoms with Crippen LogP contribution < -0.4 is 5.32 Å². The molecular formula is C16H14F3N5OS. The van der Waals surface area contributed by atoms with Gasteiger partial charge in [0, 0.05) is 11.9 Å². The van der Waals surface area contributed by atoms with E-state index in [-0.39, 0.29) is 11.3 Å². The summed E-state index contributed by atoms with van der Waals surface area (Å²) >= 11 is 1.24. The van der Waals surface area contributed by atoms with Gasteiger partial charge in [0.15, 0.2) is 11.3 Å². The first-order chi connectivity index (χ1) is 12.3. The van der Waals surface area contributed by atoms with Crippen molar-refractivity contribution in [2.75, 3.05) is 0 Å². The van der Waals surface area contributed by atoms with E-state index in [2.05, 4.69) is 19.7 Å². The molecule has 1 atom stereocenters. The van der Waals surface area contributed by atoms with Crippen molar-refractivity contribution in [3.05, 3.63) is 36.0 Å². The number of nitrogens with one attached hydrogen (secondary N) is 1. The van der Waals surface area contributed by atoms with Crippen LogP contribution in [0, 0.1) is 12.8 Å². The van der Waals surface area contributed by atoms with Crippen molar-refractivity contribution < 1.29 is 18.0 Å². The van der Waals surface area contributed by atoms with E-state index in [1.54, 1.807) is 16.7 Å². The lowest BCUT2D eigenvalue weighted by atomic mass is 10.1. The van der Waals surface area contributed by atoms with Crippen LogP contribution in [0.15, 0.2) is 24.7 Å². The number of alkyl halides is 3. The number of aromatic nitrogens is 4. The van der Waals surface area contributed by atoms with E-state index in [0.717, 1.165) is 10.6 Å². The second-order valence-corrected chi connectivity index (χ2v) is 7.11. The first kappa shape index (κ1) is 17.0. The third kappa shape index (κ3) is 3.05. The molecule has 0 bridgehead atoms. The molecule has 3 aromatic rings. The second-order valence-electron chi connectivity index (χ2n) is 6.28. The summed E-state index contributed by atoms with van der Waals surface area (Å²) in [4.78, 5) is 21.7. The van der Waals surface area contributed by atoms with E-state index in [9.17, 15) is 18.0 Å². The average Bonchev–Trinajstić information content (AvgIpc) is 3.09. The Morgan fingerprint density at radius 3 is 2.81 bits per heavy atom. The molecular weight excluding hydrogens is 367 g/mol. The smallest absolute Gasteiger partial charge is 0.339 e. The third-order valence-electron chi connectivity index (χ3n) is 4.33. The number of hydrogen-bond acceptors (Lipinski definition) is 5. The monoisotopic (exact) mass is 381 g/mol. The SMILES string of the molecule is Cc1cc(-c2ccns2)nc2c(C(=O)N[C@@H](C3CC3)C(F)(F)F)ncn12. The first-order valence-electron chi connectivity index (χ1n) is 7.98. The molecule has 3 heterocycles. The van der Waals surface area contributed by atoms with E-state index in [1.165, 1.54) is 17.9 Å². The molecule has 4 rings (SSSR count). The number of nitrogens with zero attached hydrogens (tertiary/aromatic N) is 4.